The number of nitrogens with zero attached hydrogens (tertiary/aromatic N) is 1. The van der Waals surface area contributed by atoms with Crippen LogP contribution in [0.4, 0.5) is 15.8 Å². The fourth-order valence-corrected chi connectivity index (χ4v) is 2.44. The van der Waals surface area contributed by atoms with Gasteiger partial charge in [-0.15, -0.1) is 0 Å². The summed E-state index contributed by atoms with van der Waals surface area (Å²) in [6.45, 7) is 0. The molecule has 0 radical (unpaired) electrons. The fourth-order valence-electron chi connectivity index (χ4n) is 1.54. The number of nitrogens with one attached hydrogen (secondary N) is 2. The minimum atomic E-state index is -0.509. The van der Waals surface area contributed by atoms with Gasteiger partial charge in [0.1, 0.15) is 5.82 Å². The molecule has 0 aliphatic heterocycles. The van der Waals surface area contributed by atoms with E-state index in [1.54, 1.807) is 6.07 Å². The molecule has 0 saturated heterocycles. The molecule has 5 nitrogen and oxygen atoms in total. The summed E-state index contributed by atoms with van der Waals surface area (Å²) in [7, 11) is 0. The number of nitrogen functional groups attached to an aromatic ring is 1. The summed E-state index contributed by atoms with van der Waals surface area (Å²) < 4.78 is 13.5. The minimum absolute atomic E-state index is 0.0800. The standard InChI is InChI=1S/C12H9BrClFN4O/c13-8-3-6(15)4-9(14)11(8)18-12(20)7-5-17-2-1-10(7)19-16/h1-5H,16H2,(H,17,19)(H,18,20). The van der Waals surface area contributed by atoms with Crippen molar-refractivity contribution in [3.8, 4) is 0 Å². The van der Waals surface area contributed by atoms with Gasteiger partial charge in [-0.2, -0.15) is 0 Å². The van der Waals surface area contributed by atoms with E-state index in [1.807, 2.05) is 0 Å². The lowest BCUT2D eigenvalue weighted by Crippen LogP contribution is -2.18. The molecule has 1 heterocycles. The Labute approximate surface area is 127 Å². The summed E-state index contributed by atoms with van der Waals surface area (Å²) in [5, 5.41) is 2.66. The smallest absolute Gasteiger partial charge is 0.259 e. The number of carbonyl (C=O) groups excluding carboxylic acids is 1. The molecule has 2 rings (SSSR count). The van der Waals surface area contributed by atoms with Crippen molar-refractivity contribution < 1.29 is 9.18 Å². The third kappa shape index (κ3) is 3.06. The third-order valence-corrected chi connectivity index (χ3v) is 3.39. The summed E-state index contributed by atoms with van der Waals surface area (Å²) >= 11 is 9.04. The predicted molar refractivity (Wildman–Crippen MR) is 79.1 cm³/mol. The zero-order valence-electron chi connectivity index (χ0n) is 9.95. The maximum Gasteiger partial charge on any atom is 0.259 e. The molecule has 0 aliphatic rings. The number of hydrogen-bond acceptors (Lipinski definition) is 4. The molecule has 1 aromatic heterocycles. The van der Waals surface area contributed by atoms with Crippen LogP contribution in [0.15, 0.2) is 35.1 Å². The number of amides is 1. The quantitative estimate of drug-likeness (QED) is 0.581. The van der Waals surface area contributed by atoms with Crippen molar-refractivity contribution >= 4 is 44.8 Å². The second-order valence-corrected chi connectivity index (χ2v) is 5.03. The van der Waals surface area contributed by atoms with Gasteiger partial charge in [0.2, 0.25) is 0 Å². The number of nitrogens with two attached hydrogens (primary N) is 1. The molecule has 4 N–H and O–H groups in total. The molecule has 2 aromatic rings. The van der Waals surface area contributed by atoms with Crippen LogP contribution in [0.5, 0.6) is 0 Å². The van der Waals surface area contributed by atoms with Crippen LogP contribution in [0.2, 0.25) is 5.02 Å². The van der Waals surface area contributed by atoms with Crippen LogP contribution in [0, 0.1) is 5.82 Å². The van der Waals surface area contributed by atoms with Gasteiger partial charge < -0.3 is 10.7 Å². The van der Waals surface area contributed by atoms with Crippen molar-refractivity contribution in [2.75, 3.05) is 10.7 Å². The van der Waals surface area contributed by atoms with Crippen molar-refractivity contribution in [1.82, 2.24) is 4.98 Å². The number of pyridine rings is 1. The summed E-state index contributed by atoms with van der Waals surface area (Å²) in [5.74, 6) is 4.34. The monoisotopic (exact) mass is 358 g/mol. The summed E-state index contributed by atoms with van der Waals surface area (Å²) in [4.78, 5) is 16.0. The second kappa shape index (κ2) is 6.17. The Morgan fingerprint density at radius 3 is 2.85 bits per heavy atom. The lowest BCUT2D eigenvalue weighted by atomic mass is 10.2. The number of aromatic nitrogens is 1. The van der Waals surface area contributed by atoms with E-state index in [4.69, 9.17) is 17.4 Å². The average molecular weight is 360 g/mol. The van der Waals surface area contributed by atoms with Crippen LogP contribution in [-0.2, 0) is 0 Å². The number of halogens is 3. The van der Waals surface area contributed by atoms with E-state index in [1.165, 1.54) is 18.5 Å². The van der Waals surface area contributed by atoms with Gasteiger partial charge >= 0.3 is 0 Å². The molecule has 1 aromatic carbocycles. The third-order valence-electron chi connectivity index (χ3n) is 2.47. The van der Waals surface area contributed by atoms with Crippen LogP contribution < -0.4 is 16.6 Å². The number of benzene rings is 1. The number of hydrogen-bond donors (Lipinski definition) is 3. The molecule has 0 atom stereocenters. The van der Waals surface area contributed by atoms with Crippen LogP contribution >= 0.6 is 27.5 Å². The Balaban J connectivity index is 2.33. The van der Waals surface area contributed by atoms with Gasteiger partial charge in [-0.1, -0.05) is 11.6 Å². The van der Waals surface area contributed by atoms with E-state index in [9.17, 15) is 9.18 Å². The maximum absolute atomic E-state index is 13.1. The van der Waals surface area contributed by atoms with Gasteiger partial charge in [-0.25, -0.2) is 4.39 Å². The normalized spacial score (nSPS) is 10.2. The van der Waals surface area contributed by atoms with Gasteiger partial charge in [-0.05, 0) is 34.1 Å². The first-order valence-corrected chi connectivity index (χ1v) is 6.56. The van der Waals surface area contributed by atoms with E-state index >= 15 is 0 Å². The highest BCUT2D eigenvalue weighted by molar-refractivity contribution is 9.10. The molecule has 8 heteroatoms. The lowest BCUT2D eigenvalue weighted by Gasteiger charge is -2.11. The first kappa shape index (κ1) is 14.7. The van der Waals surface area contributed by atoms with Crippen molar-refractivity contribution in [3.05, 3.63) is 51.5 Å². The van der Waals surface area contributed by atoms with E-state index in [-0.39, 0.29) is 16.3 Å². The summed E-state index contributed by atoms with van der Waals surface area (Å²) in [5.41, 5.74) is 3.31. The Hall–Kier alpha value is -1.70. The van der Waals surface area contributed by atoms with Crippen molar-refractivity contribution in [3.63, 3.8) is 0 Å². The van der Waals surface area contributed by atoms with Gasteiger partial charge in [0, 0.05) is 16.9 Å². The number of anilines is 2. The van der Waals surface area contributed by atoms with Gasteiger partial charge in [-0.3, -0.25) is 15.6 Å². The summed E-state index contributed by atoms with van der Waals surface area (Å²) in [6, 6.07) is 3.86. The van der Waals surface area contributed by atoms with E-state index < -0.39 is 11.7 Å². The van der Waals surface area contributed by atoms with E-state index in [0.29, 0.717) is 10.2 Å². The van der Waals surface area contributed by atoms with Crippen LogP contribution in [-0.4, -0.2) is 10.9 Å². The Bertz CT molecular complexity index is 645. The molecule has 0 spiro atoms. The molecule has 0 aliphatic carbocycles. The molecule has 104 valence electrons. The molecule has 20 heavy (non-hydrogen) atoms. The second-order valence-electron chi connectivity index (χ2n) is 3.76. The highest BCUT2D eigenvalue weighted by Gasteiger charge is 2.15. The van der Waals surface area contributed by atoms with Crippen molar-refractivity contribution in [2.45, 2.75) is 0 Å². The first-order valence-electron chi connectivity index (χ1n) is 5.39. The SMILES string of the molecule is NNc1ccncc1C(=O)Nc1c(Cl)cc(F)cc1Br. The molecule has 0 unspecified atom stereocenters. The fraction of sp³-hybridized carbons (Fsp3) is 0. The number of hydrazine groups is 1. The highest BCUT2D eigenvalue weighted by Crippen LogP contribution is 2.32. The topological polar surface area (TPSA) is 80.0 Å². The maximum atomic E-state index is 13.1. The zero-order valence-corrected chi connectivity index (χ0v) is 12.3. The molecule has 0 saturated carbocycles. The van der Waals surface area contributed by atoms with Crippen LogP contribution in [0.3, 0.4) is 0 Å². The molecular formula is C12H9BrClFN4O. The average Bonchev–Trinajstić information content (AvgIpc) is 2.42. The van der Waals surface area contributed by atoms with Crippen molar-refractivity contribution in [1.29, 1.82) is 0 Å². The largest absolute Gasteiger partial charge is 0.323 e. The lowest BCUT2D eigenvalue weighted by molar-refractivity contribution is 0.102. The van der Waals surface area contributed by atoms with Gasteiger partial charge in [0.15, 0.2) is 0 Å². The molecular weight excluding hydrogens is 351 g/mol. The Morgan fingerprint density at radius 1 is 1.45 bits per heavy atom. The predicted octanol–water partition coefficient (Wildman–Crippen LogP) is 3.17. The Kier molecular flexibility index (Phi) is 4.53. The number of rotatable bonds is 3. The van der Waals surface area contributed by atoms with Gasteiger partial charge in [0.25, 0.3) is 5.91 Å². The molecule has 0 bridgehead atoms. The molecule has 0 fully saturated rings. The molecule has 1 amide bonds. The van der Waals surface area contributed by atoms with Crippen LogP contribution in [0.1, 0.15) is 10.4 Å². The zero-order chi connectivity index (χ0) is 14.7. The highest BCUT2D eigenvalue weighted by atomic mass is 79.9. The first-order chi connectivity index (χ1) is 9.52. The van der Waals surface area contributed by atoms with E-state index in [2.05, 4.69) is 31.7 Å². The Morgan fingerprint density at radius 2 is 2.20 bits per heavy atom. The van der Waals surface area contributed by atoms with E-state index in [0.717, 1.165) is 6.07 Å². The van der Waals surface area contributed by atoms with Gasteiger partial charge in [0.05, 0.1) is 22.0 Å². The summed E-state index contributed by atoms with van der Waals surface area (Å²) in [6.07, 6.45) is 2.85. The van der Waals surface area contributed by atoms with Crippen LogP contribution in [0.25, 0.3) is 0 Å². The van der Waals surface area contributed by atoms with Crippen molar-refractivity contribution in [2.24, 2.45) is 5.84 Å². The minimum Gasteiger partial charge on any atom is -0.323 e. The number of carbonyl (C=O) groups is 1.